The summed E-state index contributed by atoms with van der Waals surface area (Å²) >= 11 is 3.47. The minimum atomic E-state index is -0.457. The Bertz CT molecular complexity index is 513. The molecule has 1 fully saturated rings. The van der Waals surface area contributed by atoms with Gasteiger partial charge in [0.25, 0.3) is 0 Å². The number of nitrogens with zero attached hydrogens (tertiary/aromatic N) is 1. The van der Waals surface area contributed by atoms with E-state index in [4.69, 9.17) is 10.5 Å². The molecule has 1 aromatic carbocycles. The second kappa shape index (κ2) is 6.36. The molecule has 0 aromatic heterocycles. The van der Waals surface area contributed by atoms with Gasteiger partial charge in [0.05, 0.1) is 0 Å². The van der Waals surface area contributed by atoms with Crippen LogP contribution in [0.25, 0.3) is 0 Å². The fraction of sp³-hybridized carbons (Fsp3) is 0.562. The van der Waals surface area contributed by atoms with Crippen LogP contribution in [0.3, 0.4) is 0 Å². The predicted molar refractivity (Wildman–Crippen MR) is 87.0 cm³/mol. The Morgan fingerprint density at radius 2 is 2.19 bits per heavy atom. The van der Waals surface area contributed by atoms with Gasteiger partial charge < -0.3 is 15.4 Å². The molecule has 116 valence electrons. The highest BCUT2D eigenvalue weighted by Gasteiger charge is 2.33. The van der Waals surface area contributed by atoms with Crippen molar-refractivity contribution < 1.29 is 9.53 Å². The van der Waals surface area contributed by atoms with Gasteiger partial charge in [0.1, 0.15) is 5.60 Å². The number of halogens is 1. The lowest BCUT2D eigenvalue weighted by Crippen LogP contribution is -2.36. The zero-order valence-corrected chi connectivity index (χ0v) is 14.4. The summed E-state index contributed by atoms with van der Waals surface area (Å²) in [6.45, 7) is 7.01. The highest BCUT2D eigenvalue weighted by molar-refractivity contribution is 9.10. The number of carbonyl (C=O) groups is 1. The van der Waals surface area contributed by atoms with Gasteiger partial charge in [-0.2, -0.15) is 0 Å². The molecule has 0 saturated carbocycles. The van der Waals surface area contributed by atoms with Crippen LogP contribution in [0.4, 0.5) is 4.79 Å². The maximum Gasteiger partial charge on any atom is 0.410 e. The molecule has 5 heteroatoms. The van der Waals surface area contributed by atoms with E-state index in [1.807, 2.05) is 45.0 Å². The van der Waals surface area contributed by atoms with Crippen molar-refractivity contribution in [2.45, 2.75) is 38.8 Å². The van der Waals surface area contributed by atoms with E-state index in [9.17, 15) is 4.79 Å². The first-order valence-electron chi connectivity index (χ1n) is 7.25. The van der Waals surface area contributed by atoms with Gasteiger partial charge in [-0.3, -0.25) is 0 Å². The monoisotopic (exact) mass is 354 g/mol. The average molecular weight is 355 g/mol. The molecule has 21 heavy (non-hydrogen) atoms. The smallest absolute Gasteiger partial charge is 0.410 e. The van der Waals surface area contributed by atoms with E-state index in [0.717, 1.165) is 16.5 Å². The van der Waals surface area contributed by atoms with E-state index in [1.165, 1.54) is 0 Å². The van der Waals surface area contributed by atoms with Crippen molar-refractivity contribution >= 4 is 22.0 Å². The first-order chi connectivity index (χ1) is 9.76. The number of amides is 1. The van der Waals surface area contributed by atoms with Crippen molar-refractivity contribution in [3.63, 3.8) is 0 Å². The Hall–Kier alpha value is -1.07. The van der Waals surface area contributed by atoms with E-state index in [0.29, 0.717) is 13.1 Å². The van der Waals surface area contributed by atoms with Crippen molar-refractivity contribution in [3.8, 4) is 0 Å². The van der Waals surface area contributed by atoms with Crippen molar-refractivity contribution in [3.05, 3.63) is 34.3 Å². The predicted octanol–water partition coefficient (Wildman–Crippen LogP) is 3.71. The van der Waals surface area contributed by atoms with Crippen molar-refractivity contribution in [2.24, 2.45) is 11.7 Å². The van der Waals surface area contributed by atoms with E-state index >= 15 is 0 Å². The first kappa shape index (κ1) is 16.3. The van der Waals surface area contributed by atoms with E-state index in [-0.39, 0.29) is 18.1 Å². The third-order valence-electron chi connectivity index (χ3n) is 3.62. The van der Waals surface area contributed by atoms with Crippen LogP contribution in [-0.2, 0) is 4.74 Å². The molecule has 2 rings (SSSR count). The van der Waals surface area contributed by atoms with Crippen LogP contribution in [-0.4, -0.2) is 29.7 Å². The highest BCUT2D eigenvalue weighted by atomic mass is 79.9. The van der Waals surface area contributed by atoms with Crippen molar-refractivity contribution in [2.75, 3.05) is 13.1 Å². The van der Waals surface area contributed by atoms with Gasteiger partial charge in [0, 0.05) is 23.6 Å². The summed E-state index contributed by atoms with van der Waals surface area (Å²) < 4.78 is 6.44. The quantitative estimate of drug-likeness (QED) is 0.880. The van der Waals surface area contributed by atoms with Gasteiger partial charge in [0.15, 0.2) is 0 Å². The maximum absolute atomic E-state index is 12.1. The fourth-order valence-corrected chi connectivity index (χ4v) is 2.98. The van der Waals surface area contributed by atoms with E-state index < -0.39 is 5.60 Å². The molecule has 1 aromatic rings. The van der Waals surface area contributed by atoms with Crippen LogP contribution in [0.1, 0.15) is 38.8 Å². The van der Waals surface area contributed by atoms with Gasteiger partial charge in [0.2, 0.25) is 0 Å². The van der Waals surface area contributed by atoms with Crippen LogP contribution in [0, 0.1) is 5.92 Å². The van der Waals surface area contributed by atoms with Gasteiger partial charge in [-0.05, 0) is 50.8 Å². The Balaban J connectivity index is 1.97. The van der Waals surface area contributed by atoms with Crippen molar-refractivity contribution in [1.82, 2.24) is 4.90 Å². The minimum absolute atomic E-state index is 0.0602. The maximum atomic E-state index is 12.1. The number of likely N-dealkylation sites (tertiary alicyclic amines) is 1. The largest absolute Gasteiger partial charge is 0.444 e. The zero-order valence-electron chi connectivity index (χ0n) is 12.8. The van der Waals surface area contributed by atoms with Crippen molar-refractivity contribution in [1.29, 1.82) is 0 Å². The van der Waals surface area contributed by atoms with Crippen LogP contribution in [0.15, 0.2) is 28.7 Å². The SMILES string of the molecule is CC(C)(C)OC(=O)N1CCC(C(N)c2cccc(Br)c2)C1. The van der Waals surface area contributed by atoms with Gasteiger partial charge >= 0.3 is 6.09 Å². The topological polar surface area (TPSA) is 55.6 Å². The third-order valence-corrected chi connectivity index (χ3v) is 4.11. The number of carbonyl (C=O) groups excluding carboxylic acids is 1. The second-order valence-electron chi connectivity index (χ2n) is 6.56. The lowest BCUT2D eigenvalue weighted by atomic mass is 9.93. The van der Waals surface area contributed by atoms with Gasteiger partial charge in [-0.15, -0.1) is 0 Å². The summed E-state index contributed by atoms with van der Waals surface area (Å²) in [5, 5.41) is 0. The molecular formula is C16H23BrN2O2. The summed E-state index contributed by atoms with van der Waals surface area (Å²) in [6.07, 6.45) is 0.666. The molecular weight excluding hydrogens is 332 g/mol. The summed E-state index contributed by atoms with van der Waals surface area (Å²) in [5.74, 6) is 0.270. The van der Waals surface area contributed by atoms with Crippen LogP contribution in [0.5, 0.6) is 0 Å². The van der Waals surface area contributed by atoms with Crippen LogP contribution < -0.4 is 5.73 Å². The summed E-state index contributed by atoms with van der Waals surface area (Å²) in [5.41, 5.74) is 7.00. The number of rotatable bonds is 2. The van der Waals surface area contributed by atoms with E-state index in [1.54, 1.807) is 4.90 Å². The highest BCUT2D eigenvalue weighted by Crippen LogP contribution is 2.30. The summed E-state index contributed by atoms with van der Waals surface area (Å²) in [6, 6.07) is 7.99. The summed E-state index contributed by atoms with van der Waals surface area (Å²) in [7, 11) is 0. The zero-order chi connectivity index (χ0) is 15.6. The molecule has 0 aliphatic carbocycles. The number of hydrogen-bond donors (Lipinski definition) is 1. The second-order valence-corrected chi connectivity index (χ2v) is 7.47. The molecule has 1 saturated heterocycles. The molecule has 2 atom stereocenters. The summed E-state index contributed by atoms with van der Waals surface area (Å²) in [4.78, 5) is 13.8. The number of benzene rings is 1. The third kappa shape index (κ3) is 4.45. The molecule has 0 radical (unpaired) electrons. The lowest BCUT2D eigenvalue weighted by molar-refractivity contribution is 0.0286. The molecule has 2 unspecified atom stereocenters. The number of hydrogen-bond acceptors (Lipinski definition) is 3. The minimum Gasteiger partial charge on any atom is -0.444 e. The van der Waals surface area contributed by atoms with Gasteiger partial charge in [-0.1, -0.05) is 28.1 Å². The Labute approximate surface area is 134 Å². The lowest BCUT2D eigenvalue weighted by Gasteiger charge is -2.25. The fourth-order valence-electron chi connectivity index (χ4n) is 2.56. The number of nitrogens with two attached hydrogens (primary N) is 1. The standard InChI is InChI=1S/C16H23BrN2O2/c1-16(2,3)21-15(20)19-8-7-12(10-19)14(18)11-5-4-6-13(17)9-11/h4-6,9,12,14H,7-8,10,18H2,1-3H3. The molecule has 1 heterocycles. The first-order valence-corrected chi connectivity index (χ1v) is 8.04. The molecule has 0 bridgehead atoms. The Morgan fingerprint density at radius 3 is 2.81 bits per heavy atom. The Kier molecular flexibility index (Phi) is 4.94. The number of ether oxygens (including phenoxy) is 1. The molecule has 2 N–H and O–H groups in total. The van der Waals surface area contributed by atoms with E-state index in [2.05, 4.69) is 15.9 Å². The molecule has 1 aliphatic rings. The van der Waals surface area contributed by atoms with Gasteiger partial charge in [-0.25, -0.2) is 4.79 Å². The molecule has 1 amide bonds. The van der Waals surface area contributed by atoms with Crippen LogP contribution >= 0.6 is 15.9 Å². The molecule has 1 aliphatic heterocycles. The van der Waals surface area contributed by atoms with Crippen LogP contribution in [0.2, 0.25) is 0 Å². The average Bonchev–Trinajstić information content (AvgIpc) is 2.85. The molecule has 4 nitrogen and oxygen atoms in total. The molecule has 0 spiro atoms. The Morgan fingerprint density at radius 1 is 1.48 bits per heavy atom. The normalized spacial score (nSPS) is 20.4.